The van der Waals surface area contributed by atoms with Crippen molar-refractivity contribution in [3.05, 3.63) is 0 Å². The number of hydrogen-bond donors (Lipinski definition) is 3. The zero-order chi connectivity index (χ0) is 19.5. The van der Waals surface area contributed by atoms with E-state index in [1.807, 2.05) is 20.8 Å². The van der Waals surface area contributed by atoms with E-state index in [4.69, 9.17) is 15.6 Å². The molecule has 0 heterocycles. The molecular formula is C15H30ClFN2O6. The minimum atomic E-state index is -1.14. The van der Waals surface area contributed by atoms with E-state index in [9.17, 15) is 18.8 Å². The molecule has 0 rings (SSSR count). The molecule has 8 nitrogen and oxygen atoms in total. The molecule has 4 N–H and O–H groups in total. The second kappa shape index (κ2) is 13.7. The minimum Gasteiger partial charge on any atom is -0.480 e. The van der Waals surface area contributed by atoms with Crippen molar-refractivity contribution in [3.8, 4) is 0 Å². The van der Waals surface area contributed by atoms with Crippen LogP contribution in [0.1, 0.15) is 41.5 Å². The molecule has 0 aromatic carbocycles. The molecule has 0 aliphatic rings. The van der Waals surface area contributed by atoms with E-state index < -0.39 is 36.4 Å². The van der Waals surface area contributed by atoms with Gasteiger partial charge in [-0.05, 0) is 33.6 Å². The maximum Gasteiger partial charge on any atom is 0.407 e. The van der Waals surface area contributed by atoms with Gasteiger partial charge in [0, 0.05) is 0 Å². The minimum absolute atomic E-state index is 0. The van der Waals surface area contributed by atoms with Gasteiger partial charge < -0.3 is 25.6 Å². The zero-order valence-electron chi connectivity index (χ0n) is 15.5. The van der Waals surface area contributed by atoms with Crippen LogP contribution in [-0.4, -0.2) is 54.1 Å². The van der Waals surface area contributed by atoms with Gasteiger partial charge in [0.05, 0.1) is 0 Å². The number of halogens is 2. The van der Waals surface area contributed by atoms with E-state index in [2.05, 4.69) is 10.1 Å². The van der Waals surface area contributed by atoms with E-state index in [1.54, 1.807) is 20.8 Å². The molecule has 0 aromatic rings. The predicted molar refractivity (Wildman–Crippen MR) is 93.5 cm³/mol. The maximum absolute atomic E-state index is 11.6. The van der Waals surface area contributed by atoms with Crippen molar-refractivity contribution in [1.82, 2.24) is 5.32 Å². The molecule has 0 saturated heterocycles. The Morgan fingerprint density at radius 1 is 1.20 bits per heavy atom. The van der Waals surface area contributed by atoms with Crippen LogP contribution < -0.4 is 11.1 Å². The molecule has 2 atom stereocenters. The van der Waals surface area contributed by atoms with Gasteiger partial charge in [-0.15, -0.1) is 12.4 Å². The van der Waals surface area contributed by atoms with Crippen molar-refractivity contribution in [2.45, 2.75) is 59.2 Å². The number of amides is 1. The smallest absolute Gasteiger partial charge is 0.407 e. The third kappa shape index (κ3) is 17.0. The number of carboxylic acids is 1. The predicted octanol–water partition coefficient (Wildman–Crippen LogP) is 1.89. The van der Waals surface area contributed by atoms with Crippen LogP contribution in [-0.2, 0) is 19.1 Å². The molecule has 0 aromatic heterocycles. The third-order valence-electron chi connectivity index (χ3n) is 2.29. The lowest BCUT2D eigenvalue weighted by Gasteiger charge is -2.20. The zero-order valence-corrected chi connectivity index (χ0v) is 16.3. The molecule has 0 saturated carbocycles. The molecule has 25 heavy (non-hydrogen) atoms. The quantitative estimate of drug-likeness (QED) is 0.592. The molecule has 0 bridgehead atoms. The number of nitrogens with two attached hydrogens (primary N) is 1. The van der Waals surface area contributed by atoms with E-state index in [0.29, 0.717) is 0 Å². The fourth-order valence-corrected chi connectivity index (χ4v) is 1.21. The average Bonchev–Trinajstić information content (AvgIpc) is 2.40. The number of carboxylic acid groups (broad SMARTS) is 1. The molecular weight excluding hydrogens is 359 g/mol. The van der Waals surface area contributed by atoms with Crippen molar-refractivity contribution in [2.24, 2.45) is 11.7 Å². The first-order valence-electron chi connectivity index (χ1n) is 7.52. The first-order chi connectivity index (χ1) is 10.8. The van der Waals surface area contributed by atoms with Crippen LogP contribution in [0.4, 0.5) is 9.18 Å². The molecule has 0 unspecified atom stereocenters. The summed E-state index contributed by atoms with van der Waals surface area (Å²) in [4.78, 5) is 32.3. The molecule has 0 radical (unpaired) electrons. The summed E-state index contributed by atoms with van der Waals surface area (Å²) in [5.41, 5.74) is 4.84. The number of rotatable bonds is 6. The monoisotopic (exact) mass is 388 g/mol. The first kappa shape index (κ1) is 28.2. The highest BCUT2D eigenvalue weighted by Crippen LogP contribution is 2.07. The molecule has 0 fully saturated rings. The summed E-state index contributed by atoms with van der Waals surface area (Å²) >= 11 is 0. The second-order valence-corrected chi connectivity index (χ2v) is 6.35. The van der Waals surface area contributed by atoms with Gasteiger partial charge in [-0.2, -0.15) is 0 Å². The molecule has 10 heteroatoms. The summed E-state index contributed by atoms with van der Waals surface area (Å²) in [5, 5.41) is 10.8. The normalized spacial score (nSPS) is 12.7. The first-order valence-corrected chi connectivity index (χ1v) is 7.52. The van der Waals surface area contributed by atoms with Gasteiger partial charge in [0.2, 0.25) is 0 Å². The van der Waals surface area contributed by atoms with Crippen molar-refractivity contribution in [1.29, 1.82) is 0 Å². The largest absolute Gasteiger partial charge is 0.480 e. The molecule has 0 aliphatic carbocycles. The van der Waals surface area contributed by atoms with Crippen molar-refractivity contribution >= 4 is 30.4 Å². The lowest BCUT2D eigenvalue weighted by Crippen LogP contribution is -2.44. The second-order valence-electron chi connectivity index (χ2n) is 6.35. The van der Waals surface area contributed by atoms with Crippen LogP contribution in [0.15, 0.2) is 0 Å². The molecule has 0 spiro atoms. The van der Waals surface area contributed by atoms with Crippen LogP contribution >= 0.6 is 12.4 Å². The molecule has 1 amide bonds. The highest BCUT2D eigenvalue weighted by atomic mass is 35.5. The average molecular weight is 389 g/mol. The van der Waals surface area contributed by atoms with Gasteiger partial charge in [-0.1, -0.05) is 13.8 Å². The van der Waals surface area contributed by atoms with E-state index >= 15 is 0 Å². The summed E-state index contributed by atoms with van der Waals surface area (Å²) in [6, 6.07) is -1.54. The standard InChI is InChI=1S/C8H14FNO4.C7H15NO2.ClH/c1-5(2)6(7(11)12)10-8(13)14-4-3-9;1-5(8)6(9)10-7(2,3)4;/h5-6H,3-4H2,1-2H3,(H,10,13)(H,11,12);5H,8H2,1-4H3;1H/t6-;5-;/m00./s1. The lowest BCUT2D eigenvalue weighted by atomic mass is 10.1. The van der Waals surface area contributed by atoms with Crippen LogP contribution in [0.2, 0.25) is 0 Å². The number of esters is 1. The van der Waals surface area contributed by atoms with Gasteiger partial charge >= 0.3 is 18.0 Å². The van der Waals surface area contributed by atoms with E-state index in [0.717, 1.165) is 0 Å². The van der Waals surface area contributed by atoms with Gasteiger partial charge in [-0.3, -0.25) is 4.79 Å². The van der Waals surface area contributed by atoms with E-state index in [-0.39, 0.29) is 30.9 Å². The highest BCUT2D eigenvalue weighted by Gasteiger charge is 2.23. The van der Waals surface area contributed by atoms with Crippen LogP contribution in [0.25, 0.3) is 0 Å². The fourth-order valence-electron chi connectivity index (χ4n) is 1.21. The molecule has 0 aliphatic heterocycles. The SMILES string of the molecule is CC(C)[C@H](NC(=O)OCCF)C(=O)O.C[C@H](N)C(=O)OC(C)(C)C.Cl. The van der Waals surface area contributed by atoms with Crippen LogP contribution in [0.3, 0.4) is 0 Å². The van der Waals surface area contributed by atoms with Gasteiger partial charge in [0.1, 0.15) is 31.0 Å². The number of alkyl halides is 1. The number of aliphatic carboxylic acids is 1. The van der Waals surface area contributed by atoms with Crippen molar-refractivity contribution in [3.63, 3.8) is 0 Å². The topological polar surface area (TPSA) is 128 Å². The Bertz CT molecular complexity index is 413. The summed E-state index contributed by atoms with van der Waals surface area (Å²) in [6.45, 7) is 9.19. The summed E-state index contributed by atoms with van der Waals surface area (Å²) in [6.07, 6.45) is -0.913. The third-order valence-corrected chi connectivity index (χ3v) is 2.29. The summed E-state index contributed by atoms with van der Waals surface area (Å²) < 4.78 is 20.9. The lowest BCUT2D eigenvalue weighted by molar-refractivity contribution is -0.156. The number of hydrogen-bond acceptors (Lipinski definition) is 6. The fraction of sp³-hybridized carbons (Fsp3) is 0.800. The Morgan fingerprint density at radius 3 is 1.92 bits per heavy atom. The Balaban J connectivity index is -0.000000392. The van der Waals surface area contributed by atoms with Crippen LogP contribution in [0, 0.1) is 5.92 Å². The highest BCUT2D eigenvalue weighted by molar-refractivity contribution is 5.85. The summed E-state index contributed by atoms with van der Waals surface area (Å²) in [5.74, 6) is -1.75. The summed E-state index contributed by atoms with van der Waals surface area (Å²) in [7, 11) is 0. The van der Waals surface area contributed by atoms with E-state index in [1.165, 1.54) is 0 Å². The molecule has 150 valence electrons. The van der Waals surface area contributed by atoms with Gasteiger partial charge in [0.25, 0.3) is 0 Å². The number of nitrogens with one attached hydrogen (secondary N) is 1. The Morgan fingerprint density at radius 2 is 1.68 bits per heavy atom. The van der Waals surface area contributed by atoms with Crippen molar-refractivity contribution in [2.75, 3.05) is 13.3 Å². The maximum atomic E-state index is 11.6. The number of carbonyl (C=O) groups is 3. The van der Waals surface area contributed by atoms with Gasteiger partial charge in [0.15, 0.2) is 0 Å². The number of alkyl carbamates (subject to hydrolysis) is 1. The van der Waals surface area contributed by atoms with Crippen molar-refractivity contribution < 1.29 is 33.4 Å². The Kier molecular flexibility index (Phi) is 15.4. The van der Waals surface area contributed by atoms with Gasteiger partial charge in [-0.25, -0.2) is 14.0 Å². The number of carbonyl (C=O) groups excluding carboxylic acids is 2. The van der Waals surface area contributed by atoms with Crippen LogP contribution in [0.5, 0.6) is 0 Å². The number of ether oxygens (including phenoxy) is 2. The Labute approximate surface area is 154 Å². The Hall–Kier alpha value is -1.61.